The minimum absolute atomic E-state index is 0. The van der Waals surface area contributed by atoms with Crippen LogP contribution in [0.2, 0.25) is 13.1 Å². The van der Waals surface area contributed by atoms with Crippen LogP contribution in [0.15, 0.2) is 133 Å². The number of rotatable bonds is 4. The number of aryl methyl sites for hydroxylation is 4. The molecule has 0 atom stereocenters. The van der Waals surface area contributed by atoms with Gasteiger partial charge in [0, 0.05) is 65.8 Å². The maximum atomic E-state index is 2.57. The molecule has 0 bridgehead atoms. The Morgan fingerprint density at radius 1 is 0.426 bits per heavy atom. The van der Waals surface area contributed by atoms with Gasteiger partial charge in [-0.15, -0.1) is 67.3 Å². The Bertz CT molecular complexity index is 2850. The van der Waals surface area contributed by atoms with Gasteiger partial charge in [0.15, 0.2) is 0 Å². The molecule has 0 unspecified atom stereocenters. The molecule has 0 amide bonds. The van der Waals surface area contributed by atoms with E-state index in [1.165, 1.54) is 98.5 Å². The minimum Gasteiger partial charge on any atom is -0.358 e. The smallest absolute Gasteiger partial charge is 0.358 e. The number of para-hydroxylation sites is 2. The molecule has 0 aliphatic carbocycles. The molecule has 10 rings (SSSR count). The van der Waals surface area contributed by atoms with Gasteiger partial charge in [-0.3, -0.25) is 0 Å². The molecule has 4 heteroatoms. The second-order valence-corrected chi connectivity index (χ2v) is 19.4. The third-order valence-corrected chi connectivity index (χ3v) is 15.8. The summed E-state index contributed by atoms with van der Waals surface area (Å²) in [6, 6.07) is 50.4. The SMILES string of the molecule is Cc1cc2c(-c3ccc4c(c3)c3ccccc3n4C)cccc2[c-]1[Si](C)(C)[c-]1c(C)cc2c(-c3ccc4c(c3)c3ccccc3n4C)cccc21.[CH3-].[CH3-].[Hf+4]. The first-order valence-electron chi connectivity index (χ1n) is 18.1. The first kappa shape index (κ1) is 37.5. The van der Waals surface area contributed by atoms with Crippen LogP contribution < -0.4 is 10.4 Å². The van der Waals surface area contributed by atoms with E-state index in [0.29, 0.717) is 0 Å². The molecule has 0 aliphatic heterocycles. The maximum absolute atomic E-state index is 2.57. The maximum Gasteiger partial charge on any atom is 4.00 e. The quantitative estimate of drug-likeness (QED) is 0.123. The molecule has 0 N–H and O–H groups in total. The van der Waals surface area contributed by atoms with E-state index in [4.69, 9.17) is 0 Å². The Hall–Kier alpha value is -4.77. The van der Waals surface area contributed by atoms with Crippen molar-refractivity contribution in [2.45, 2.75) is 26.9 Å². The third-order valence-electron chi connectivity index (χ3n) is 12.0. The zero-order valence-corrected chi connectivity index (χ0v) is 37.2. The van der Waals surface area contributed by atoms with Crippen LogP contribution in [-0.4, -0.2) is 17.2 Å². The van der Waals surface area contributed by atoms with Crippen LogP contribution in [0.5, 0.6) is 0 Å². The van der Waals surface area contributed by atoms with Gasteiger partial charge in [0.25, 0.3) is 0 Å². The van der Waals surface area contributed by atoms with Crippen LogP contribution in [0, 0.1) is 28.7 Å². The van der Waals surface area contributed by atoms with Gasteiger partial charge in [-0.25, -0.2) is 0 Å². The molecule has 54 heavy (non-hydrogen) atoms. The standard InChI is InChI=1S/C48H40N2Si.2CH3.Hf/c1-29-25-39-33(31-21-23-45-41(27-31)35-13-7-9-19-43(35)49(45)3)15-11-17-37(39)47(29)51(5,6)48-30(2)26-40-34(16-12-18-38(40)48)32-22-24-46-42(28-32)36-14-8-10-20-44(36)50(46)4;;;/h7-28H,1-6H3;2*1H3;/q-2;2*-1;+4. The molecule has 0 aliphatic rings. The summed E-state index contributed by atoms with van der Waals surface area (Å²) in [6.45, 7) is 9.82. The molecular weight excluding hydrogens is 835 g/mol. The average molecular weight is 882 g/mol. The summed E-state index contributed by atoms with van der Waals surface area (Å²) in [7, 11) is 2.17. The molecule has 2 nitrogen and oxygen atoms in total. The largest absolute Gasteiger partial charge is 4.00 e. The van der Waals surface area contributed by atoms with Crippen LogP contribution in [-0.2, 0) is 39.9 Å². The first-order valence-corrected chi connectivity index (χ1v) is 21.1. The van der Waals surface area contributed by atoms with E-state index in [-0.39, 0.29) is 40.7 Å². The van der Waals surface area contributed by atoms with Gasteiger partial charge in [0.05, 0.1) is 0 Å². The molecule has 0 radical (unpaired) electrons. The number of hydrogen-bond donors (Lipinski definition) is 0. The van der Waals surface area contributed by atoms with Gasteiger partial charge in [-0.2, -0.15) is 12.1 Å². The predicted molar refractivity (Wildman–Crippen MR) is 237 cm³/mol. The van der Waals surface area contributed by atoms with Gasteiger partial charge < -0.3 is 24.0 Å². The van der Waals surface area contributed by atoms with E-state index in [2.05, 4.69) is 184 Å². The molecule has 10 aromatic rings. The average Bonchev–Trinajstić information content (AvgIpc) is 3.85. The van der Waals surface area contributed by atoms with Crippen molar-refractivity contribution in [3.05, 3.63) is 159 Å². The molecule has 8 aromatic carbocycles. The summed E-state index contributed by atoms with van der Waals surface area (Å²) in [5, 5.41) is 13.9. The van der Waals surface area contributed by atoms with Crippen molar-refractivity contribution in [2.75, 3.05) is 0 Å². The summed E-state index contributed by atoms with van der Waals surface area (Å²) >= 11 is 0. The minimum atomic E-state index is -2.18. The van der Waals surface area contributed by atoms with Crippen molar-refractivity contribution < 1.29 is 25.8 Å². The monoisotopic (exact) mass is 882 g/mol. The molecule has 2 aromatic heterocycles. The van der Waals surface area contributed by atoms with Gasteiger partial charge >= 0.3 is 25.8 Å². The van der Waals surface area contributed by atoms with E-state index >= 15 is 0 Å². The van der Waals surface area contributed by atoms with E-state index in [1.54, 1.807) is 10.4 Å². The first-order chi connectivity index (χ1) is 24.7. The fourth-order valence-electron chi connectivity index (χ4n) is 9.84. The van der Waals surface area contributed by atoms with Crippen molar-refractivity contribution in [1.29, 1.82) is 0 Å². The van der Waals surface area contributed by atoms with E-state index < -0.39 is 8.07 Å². The number of aromatic nitrogens is 2. The Labute approximate surface area is 339 Å². The van der Waals surface area contributed by atoms with Crippen LogP contribution in [0.4, 0.5) is 0 Å². The number of benzene rings is 6. The van der Waals surface area contributed by atoms with Crippen LogP contribution in [0.25, 0.3) is 87.4 Å². The van der Waals surface area contributed by atoms with Crippen LogP contribution >= 0.6 is 0 Å². The van der Waals surface area contributed by atoms with Crippen LogP contribution in [0.1, 0.15) is 11.1 Å². The predicted octanol–water partition coefficient (Wildman–Crippen LogP) is 12.4. The van der Waals surface area contributed by atoms with Crippen LogP contribution in [0.3, 0.4) is 0 Å². The van der Waals surface area contributed by atoms with Crippen molar-refractivity contribution in [3.63, 3.8) is 0 Å². The Morgan fingerprint density at radius 2 is 0.815 bits per heavy atom. The Morgan fingerprint density at radius 3 is 1.24 bits per heavy atom. The Kier molecular flexibility index (Phi) is 9.39. The second-order valence-electron chi connectivity index (χ2n) is 15.2. The molecular formula is C50H46HfN2Si. The molecule has 0 saturated carbocycles. The summed E-state index contributed by atoms with van der Waals surface area (Å²) < 4.78 is 4.63. The van der Waals surface area contributed by atoms with E-state index in [1.807, 2.05) is 0 Å². The topological polar surface area (TPSA) is 9.86 Å². The van der Waals surface area contributed by atoms with Gasteiger partial charge in [-0.1, -0.05) is 98.7 Å². The molecule has 0 fully saturated rings. The summed E-state index contributed by atoms with van der Waals surface area (Å²) in [5.41, 5.74) is 13.1. The second kappa shape index (κ2) is 13.5. The van der Waals surface area contributed by atoms with Crippen molar-refractivity contribution in [3.8, 4) is 22.3 Å². The van der Waals surface area contributed by atoms with Gasteiger partial charge in [0.1, 0.15) is 0 Å². The zero-order valence-electron chi connectivity index (χ0n) is 32.6. The number of nitrogens with zero attached hydrogens (tertiary/aromatic N) is 2. The molecule has 0 spiro atoms. The van der Waals surface area contributed by atoms with Crippen molar-refractivity contribution >= 4 is 83.6 Å². The summed E-state index contributed by atoms with van der Waals surface area (Å²) in [5.74, 6) is 0. The summed E-state index contributed by atoms with van der Waals surface area (Å²) in [4.78, 5) is 0. The number of fused-ring (bicyclic) bond motifs is 8. The third kappa shape index (κ3) is 5.21. The fraction of sp³-hybridized carbons (Fsp3) is 0.120. The number of hydrogen-bond acceptors (Lipinski definition) is 0. The fourth-order valence-corrected chi connectivity index (χ4v) is 14.0. The van der Waals surface area contributed by atoms with E-state index in [9.17, 15) is 0 Å². The zero-order chi connectivity index (χ0) is 34.8. The van der Waals surface area contributed by atoms with E-state index in [0.717, 1.165) is 0 Å². The van der Waals surface area contributed by atoms with Gasteiger partial charge in [-0.05, 0) is 47.5 Å². The van der Waals surface area contributed by atoms with Crippen molar-refractivity contribution in [1.82, 2.24) is 9.13 Å². The molecule has 264 valence electrons. The molecule has 0 saturated heterocycles. The van der Waals surface area contributed by atoms with Gasteiger partial charge in [0.2, 0.25) is 0 Å². The molecule has 2 heterocycles. The Balaban J connectivity index is 0.00000150. The normalized spacial score (nSPS) is 11.8. The summed E-state index contributed by atoms with van der Waals surface area (Å²) in [6.07, 6.45) is 0. The van der Waals surface area contributed by atoms with Crippen molar-refractivity contribution in [2.24, 2.45) is 14.1 Å².